The molecule has 268 valence electrons. The van der Waals surface area contributed by atoms with E-state index in [0.29, 0.717) is 12.3 Å². The van der Waals surface area contributed by atoms with Gasteiger partial charge in [-0.2, -0.15) is 0 Å². The van der Waals surface area contributed by atoms with Crippen LogP contribution in [0.5, 0.6) is 0 Å². The number of epoxide rings is 1. The normalized spacial score (nSPS) is 61.6. The van der Waals surface area contributed by atoms with Crippen LogP contribution in [-0.2, 0) is 33.2 Å². The predicted molar refractivity (Wildman–Crippen MR) is 168 cm³/mol. The van der Waals surface area contributed by atoms with Crippen LogP contribution in [0.4, 0.5) is 0 Å². The lowest BCUT2D eigenvalue weighted by Gasteiger charge is -2.62. The molecule has 9 rings (SSSR count). The number of hydrogen-bond acceptors (Lipinski definition) is 11. The van der Waals surface area contributed by atoms with E-state index in [2.05, 4.69) is 40.7 Å². The van der Waals surface area contributed by atoms with Crippen LogP contribution >= 0.6 is 0 Å². The van der Waals surface area contributed by atoms with Crippen LogP contribution in [0.3, 0.4) is 0 Å². The van der Waals surface area contributed by atoms with Gasteiger partial charge in [-0.25, -0.2) is 0 Å². The zero-order valence-corrected chi connectivity index (χ0v) is 29.3. The van der Waals surface area contributed by atoms with Gasteiger partial charge in [-0.1, -0.05) is 46.3 Å². The summed E-state index contributed by atoms with van der Waals surface area (Å²) in [5, 5.41) is 41.7. The van der Waals surface area contributed by atoms with Crippen LogP contribution in [0.15, 0.2) is 11.6 Å². The molecule has 4 heterocycles. The van der Waals surface area contributed by atoms with Crippen LogP contribution in [0.25, 0.3) is 0 Å². The van der Waals surface area contributed by atoms with E-state index in [9.17, 15) is 25.2 Å². The van der Waals surface area contributed by atoms with Crippen molar-refractivity contribution < 1.29 is 53.6 Å². The average molecular weight is 675 g/mol. The Morgan fingerprint density at radius 2 is 1.71 bits per heavy atom. The topological polar surface area (TPSA) is 157 Å². The summed E-state index contributed by atoms with van der Waals surface area (Å²) in [5.41, 5.74) is -0.191. The lowest BCUT2D eigenvalue weighted by molar-refractivity contribution is -0.345. The van der Waals surface area contributed by atoms with Gasteiger partial charge < -0.3 is 48.8 Å². The third-order valence-corrected chi connectivity index (χ3v) is 16.1. The Hall–Kier alpha value is -1.15. The number of allylic oxidation sites excluding steroid dienone is 2. The minimum absolute atomic E-state index is 0.0364. The fraction of sp³-hybridized carbons (Fsp3) is 0.919. The number of aliphatic hydroxyl groups excluding tert-OH is 4. The number of esters is 1. The van der Waals surface area contributed by atoms with Crippen LogP contribution in [0.2, 0.25) is 0 Å². The maximum absolute atomic E-state index is 12.9. The van der Waals surface area contributed by atoms with Gasteiger partial charge in [0.1, 0.15) is 36.1 Å². The molecule has 9 aliphatic rings. The first-order valence-corrected chi connectivity index (χ1v) is 18.3. The van der Waals surface area contributed by atoms with Gasteiger partial charge in [0.15, 0.2) is 12.6 Å². The number of carbonyl (C=O) groups excluding carboxylic acids is 1. The smallest absolute Gasteiger partial charge is 0.302 e. The Kier molecular flexibility index (Phi) is 6.57. The molecular formula is C37H54O11. The second-order valence-electron chi connectivity index (χ2n) is 18.5. The molecule has 4 saturated carbocycles. The molecule has 4 aliphatic heterocycles. The predicted octanol–water partition coefficient (Wildman–Crippen LogP) is 2.95. The zero-order chi connectivity index (χ0) is 34.2. The summed E-state index contributed by atoms with van der Waals surface area (Å²) in [6.07, 6.45) is 1.68. The van der Waals surface area contributed by atoms with Crippen molar-refractivity contribution >= 4 is 5.97 Å². The summed E-state index contributed by atoms with van der Waals surface area (Å²) in [6.45, 7) is 14.9. The SMILES string of the molecule is CC(=O)O[C@@H]1C[C@@]23C[C@@]24CC[C@H](O[C@@H]2OC[C@H](O)[C@@H](O)[C@H]2O)C(C)(C)[C@@H]4CC=C3[C@]2(C)C[C@@H]3O[C@@]4(C[C@@H](C)[C@@H]3[C@@]12C)O[C@H](O)[C@]1(C)O[C@H]41. The van der Waals surface area contributed by atoms with Gasteiger partial charge in [0.25, 0.3) is 0 Å². The molecule has 5 aliphatic carbocycles. The first-order valence-electron chi connectivity index (χ1n) is 18.3. The number of hydrogen-bond donors (Lipinski definition) is 4. The van der Waals surface area contributed by atoms with Crippen molar-refractivity contribution in [2.45, 2.75) is 160 Å². The number of fused-ring (bicyclic) bond motifs is 6. The van der Waals surface area contributed by atoms with Gasteiger partial charge in [-0.15, -0.1) is 0 Å². The molecule has 11 nitrogen and oxygen atoms in total. The van der Waals surface area contributed by atoms with Gasteiger partial charge in [-0.3, -0.25) is 4.79 Å². The highest BCUT2D eigenvalue weighted by atomic mass is 16.8. The van der Waals surface area contributed by atoms with Crippen molar-refractivity contribution in [2.24, 2.45) is 44.8 Å². The third-order valence-electron chi connectivity index (χ3n) is 16.1. The lowest BCUT2D eigenvalue weighted by atomic mass is 9.44. The third kappa shape index (κ3) is 3.69. The Bertz CT molecular complexity index is 1450. The highest BCUT2D eigenvalue weighted by molar-refractivity contribution is 5.66. The number of rotatable bonds is 3. The molecular weight excluding hydrogens is 620 g/mol. The maximum Gasteiger partial charge on any atom is 0.302 e. The molecule has 8 fully saturated rings. The van der Waals surface area contributed by atoms with Gasteiger partial charge in [0.2, 0.25) is 5.79 Å². The molecule has 3 spiro atoms. The van der Waals surface area contributed by atoms with Gasteiger partial charge >= 0.3 is 5.97 Å². The molecule has 0 amide bonds. The molecule has 4 N–H and O–H groups in total. The molecule has 48 heavy (non-hydrogen) atoms. The van der Waals surface area contributed by atoms with Crippen molar-refractivity contribution in [3.8, 4) is 0 Å². The number of aliphatic hydroxyl groups is 4. The maximum atomic E-state index is 12.9. The Labute approximate surface area is 282 Å². The van der Waals surface area contributed by atoms with Crippen LogP contribution in [0.1, 0.15) is 93.4 Å². The fourth-order valence-electron chi connectivity index (χ4n) is 13.8. The number of ether oxygens (including phenoxy) is 6. The Balaban J connectivity index is 1.06. The molecule has 4 saturated heterocycles. The summed E-state index contributed by atoms with van der Waals surface area (Å²) in [7, 11) is 0. The number of carbonyl (C=O) groups is 1. The van der Waals surface area contributed by atoms with Crippen molar-refractivity contribution in [1.82, 2.24) is 0 Å². The lowest BCUT2D eigenvalue weighted by Crippen LogP contribution is -2.61. The quantitative estimate of drug-likeness (QED) is 0.198. The van der Waals surface area contributed by atoms with Gasteiger partial charge in [0, 0.05) is 29.6 Å². The summed E-state index contributed by atoms with van der Waals surface area (Å²) in [6, 6.07) is 0. The molecule has 0 aromatic heterocycles. The standard InChI is InChI=1S/C37H54O11/c1-17-12-37(29-34(7,47-29)30(42)48-37)46-20-13-32(5)22-9-8-21-31(3,4)23(45-28-27(41)26(40)19(39)15-43-28)10-11-35(21)16-36(22,35)14-24(44-18(2)38)33(32,6)25(17)20/h9,17,19-21,23-30,39-42H,8,10-16H2,1-7H3/t17-,19+,20+,21+,23+,24-,25+,26-,27-,28+,29+,30+,32+,33-,34-,35-,36+,37+/m1/s1. The molecule has 0 unspecified atom stereocenters. The van der Waals surface area contributed by atoms with Crippen LogP contribution < -0.4 is 0 Å². The Morgan fingerprint density at radius 3 is 2.38 bits per heavy atom. The first-order chi connectivity index (χ1) is 22.4. The van der Waals surface area contributed by atoms with Crippen molar-refractivity contribution in [3.63, 3.8) is 0 Å². The minimum atomic E-state index is -1.32. The van der Waals surface area contributed by atoms with E-state index in [1.165, 1.54) is 12.5 Å². The summed E-state index contributed by atoms with van der Waals surface area (Å²) in [5.74, 6) is -0.600. The van der Waals surface area contributed by atoms with E-state index >= 15 is 0 Å². The monoisotopic (exact) mass is 674 g/mol. The van der Waals surface area contributed by atoms with Crippen LogP contribution in [0, 0.1) is 44.8 Å². The molecule has 0 bridgehead atoms. The largest absolute Gasteiger partial charge is 0.462 e. The van der Waals surface area contributed by atoms with E-state index < -0.39 is 42.3 Å². The van der Waals surface area contributed by atoms with E-state index in [1.54, 1.807) is 0 Å². The molecule has 18 atom stereocenters. The van der Waals surface area contributed by atoms with E-state index in [1.807, 2.05) is 6.92 Å². The van der Waals surface area contributed by atoms with Crippen LogP contribution in [-0.4, -0.2) is 99.7 Å². The van der Waals surface area contributed by atoms with E-state index in [0.717, 1.165) is 38.5 Å². The van der Waals surface area contributed by atoms with Gasteiger partial charge in [-0.05, 0) is 74.0 Å². The van der Waals surface area contributed by atoms with E-state index in [4.69, 9.17) is 28.4 Å². The molecule has 11 heteroatoms. The van der Waals surface area contributed by atoms with Crippen molar-refractivity contribution in [1.29, 1.82) is 0 Å². The summed E-state index contributed by atoms with van der Waals surface area (Å²) >= 11 is 0. The second-order valence-corrected chi connectivity index (χ2v) is 18.5. The summed E-state index contributed by atoms with van der Waals surface area (Å²) in [4.78, 5) is 12.9. The van der Waals surface area contributed by atoms with E-state index in [-0.39, 0.29) is 75.9 Å². The first kappa shape index (κ1) is 32.7. The molecule has 0 aromatic carbocycles. The Morgan fingerprint density at radius 1 is 0.958 bits per heavy atom. The minimum Gasteiger partial charge on any atom is -0.462 e. The fourth-order valence-corrected chi connectivity index (χ4v) is 13.8. The summed E-state index contributed by atoms with van der Waals surface area (Å²) < 4.78 is 37.8. The highest BCUT2D eigenvalue weighted by Crippen LogP contribution is 2.88. The molecule has 0 radical (unpaired) electrons. The molecule has 0 aromatic rings. The van der Waals surface area contributed by atoms with Gasteiger partial charge in [0.05, 0.1) is 18.8 Å². The second kappa shape index (κ2) is 9.63. The average Bonchev–Trinajstić information content (AvgIpc) is 3.84. The highest BCUT2D eigenvalue weighted by Gasteiger charge is 2.85. The van der Waals surface area contributed by atoms with Crippen molar-refractivity contribution in [2.75, 3.05) is 6.61 Å². The van der Waals surface area contributed by atoms with Crippen molar-refractivity contribution in [3.05, 3.63) is 11.6 Å². The zero-order valence-electron chi connectivity index (χ0n) is 29.3.